The third-order valence-corrected chi connectivity index (χ3v) is 16.0. The van der Waals surface area contributed by atoms with Crippen molar-refractivity contribution in [3.8, 4) is 11.5 Å². The van der Waals surface area contributed by atoms with Crippen LogP contribution in [0.3, 0.4) is 0 Å². The molecule has 0 aromatic heterocycles. The fourth-order valence-electron chi connectivity index (χ4n) is 12.3. The standard InChI is InChI=1S/C63H83N3O9/c1-3-5-6-7-8-9-10-11-15-33-58(69)66(45-49-30-24-29-47-27-16-17-31-51(47)49)57-43-55(65-75-59-34-20-23-40-71-59)53-41-48(28-18-21-37-67)52(32-19-22-38-68)60-54-42-50(73-62(70)64-44-46-25-13-12-14-26-46)35-36-56(54)74-63(57,61(53)60)72-39-4-2/h4,12-14,16-17,24-27,29-31,35-36,41-42,48,52,57,59-61,67-68H,2-3,5-11,15,18-23,28,32-34,37-40,43-45H2,1H3,(H,64,70)/t48-,52+,57-,59?,60+,61+,63+/m0/s1. The maximum absolute atomic E-state index is 15.6. The van der Waals surface area contributed by atoms with E-state index in [9.17, 15) is 15.0 Å². The number of benzene rings is 4. The number of unbranched alkanes of at least 4 members (excludes halogenated alkanes) is 10. The van der Waals surface area contributed by atoms with Crippen molar-refractivity contribution < 1.29 is 43.6 Å². The monoisotopic (exact) mass is 1030 g/mol. The summed E-state index contributed by atoms with van der Waals surface area (Å²) in [5, 5.41) is 30.4. The number of carbonyl (C=O) groups is 2. The van der Waals surface area contributed by atoms with Crippen LogP contribution < -0.4 is 14.8 Å². The highest BCUT2D eigenvalue weighted by Crippen LogP contribution is 2.62. The van der Waals surface area contributed by atoms with E-state index in [1.807, 2.05) is 53.4 Å². The van der Waals surface area contributed by atoms with Crippen LogP contribution in [0.2, 0.25) is 0 Å². The number of fused-ring (bicyclic) bond motifs is 3. The van der Waals surface area contributed by atoms with Gasteiger partial charge in [-0.05, 0) is 102 Å². The van der Waals surface area contributed by atoms with Crippen LogP contribution in [0, 0.1) is 17.8 Å². The van der Waals surface area contributed by atoms with E-state index in [0.717, 1.165) is 103 Å². The van der Waals surface area contributed by atoms with Crippen molar-refractivity contribution in [2.75, 3.05) is 26.4 Å². The summed E-state index contributed by atoms with van der Waals surface area (Å²) in [6.07, 6.45) is 21.0. The molecular weight excluding hydrogens is 943 g/mol. The van der Waals surface area contributed by atoms with Crippen molar-refractivity contribution in [1.29, 1.82) is 0 Å². The van der Waals surface area contributed by atoms with Gasteiger partial charge in [-0.15, -0.1) is 6.58 Å². The average molecular weight is 1030 g/mol. The minimum absolute atomic E-state index is 0.00714. The van der Waals surface area contributed by atoms with Gasteiger partial charge in [-0.25, -0.2) is 4.79 Å². The summed E-state index contributed by atoms with van der Waals surface area (Å²) in [6, 6.07) is 29.3. The Kier molecular flexibility index (Phi) is 21.2. The maximum Gasteiger partial charge on any atom is 0.412 e. The zero-order valence-electron chi connectivity index (χ0n) is 44.5. The first-order valence-electron chi connectivity index (χ1n) is 28.5. The lowest BCUT2D eigenvalue weighted by Gasteiger charge is -2.60. The van der Waals surface area contributed by atoms with Crippen molar-refractivity contribution in [3.63, 3.8) is 0 Å². The number of oxime groups is 1. The van der Waals surface area contributed by atoms with Gasteiger partial charge in [0.15, 0.2) is 0 Å². The molecular formula is C63H83N3O9. The van der Waals surface area contributed by atoms with Gasteiger partial charge in [0.1, 0.15) is 17.5 Å². The fourth-order valence-corrected chi connectivity index (χ4v) is 12.3. The summed E-state index contributed by atoms with van der Waals surface area (Å²) in [5.41, 5.74) is 4.51. The number of nitrogens with zero attached hydrogens (tertiary/aromatic N) is 2. The Morgan fingerprint density at radius 1 is 0.853 bits per heavy atom. The third-order valence-electron chi connectivity index (χ3n) is 16.0. The lowest BCUT2D eigenvalue weighted by Crippen LogP contribution is -2.70. The van der Waals surface area contributed by atoms with Gasteiger partial charge in [-0.1, -0.05) is 161 Å². The zero-order chi connectivity index (χ0) is 52.2. The molecule has 3 N–H and O–H groups in total. The molecule has 1 saturated carbocycles. The number of allylic oxidation sites excluding steroid dienone is 1. The molecule has 4 aliphatic rings. The van der Waals surface area contributed by atoms with E-state index in [-0.39, 0.29) is 49.9 Å². The summed E-state index contributed by atoms with van der Waals surface area (Å²) >= 11 is 0. The second-order valence-corrected chi connectivity index (χ2v) is 21.1. The molecule has 2 amide bonds. The van der Waals surface area contributed by atoms with E-state index >= 15 is 4.79 Å². The number of aliphatic hydroxyl groups is 2. The molecule has 4 aromatic carbocycles. The van der Waals surface area contributed by atoms with Crippen molar-refractivity contribution in [2.24, 2.45) is 22.9 Å². The van der Waals surface area contributed by atoms with Gasteiger partial charge in [0.05, 0.1) is 24.8 Å². The minimum atomic E-state index is -1.45. The Bertz CT molecular complexity index is 2500. The van der Waals surface area contributed by atoms with Crippen LogP contribution in [0.1, 0.15) is 158 Å². The molecule has 2 aliphatic carbocycles. The molecule has 2 heterocycles. The lowest BCUT2D eigenvalue weighted by molar-refractivity contribution is -0.258. The van der Waals surface area contributed by atoms with Crippen LogP contribution in [-0.2, 0) is 32.2 Å². The van der Waals surface area contributed by atoms with Crippen molar-refractivity contribution in [1.82, 2.24) is 10.2 Å². The number of hydrogen-bond acceptors (Lipinski definition) is 10. The second kappa shape index (κ2) is 28.6. The summed E-state index contributed by atoms with van der Waals surface area (Å²) in [6.45, 7) is 7.91. The van der Waals surface area contributed by atoms with E-state index in [1.165, 1.54) is 38.5 Å². The van der Waals surface area contributed by atoms with Crippen LogP contribution >= 0.6 is 0 Å². The number of amides is 2. The maximum atomic E-state index is 15.6. The first-order chi connectivity index (χ1) is 36.9. The SMILES string of the molecule is C=CCO[C@@]12Oc3ccc(OC(=O)NCc4ccccc4)cc3[C@H]3[C@H](CCCCO)[C@@H](CCCCO)C=C(C(=NOC4CCCCO4)C[C@@H]1N(Cc1cccc4ccccc14)C(=O)CCCCCCCCCCC)[C@H]32. The largest absolute Gasteiger partial charge is 0.459 e. The van der Waals surface area contributed by atoms with Crippen LogP contribution in [0.5, 0.6) is 11.5 Å². The molecule has 1 saturated heterocycles. The normalized spacial score (nSPS) is 23.3. The van der Waals surface area contributed by atoms with E-state index in [0.29, 0.717) is 50.5 Å². The molecule has 0 bridgehead atoms. The first-order valence-corrected chi connectivity index (χ1v) is 28.5. The van der Waals surface area contributed by atoms with Crippen LogP contribution in [0.25, 0.3) is 10.8 Å². The molecule has 0 radical (unpaired) electrons. The Labute approximate surface area is 445 Å². The zero-order valence-corrected chi connectivity index (χ0v) is 44.5. The predicted octanol–water partition coefficient (Wildman–Crippen LogP) is 13.2. The van der Waals surface area contributed by atoms with Crippen molar-refractivity contribution in [2.45, 2.75) is 172 Å². The van der Waals surface area contributed by atoms with E-state index < -0.39 is 30.1 Å². The Morgan fingerprint density at radius 2 is 1.60 bits per heavy atom. The van der Waals surface area contributed by atoms with Gasteiger partial charge in [0.25, 0.3) is 0 Å². The van der Waals surface area contributed by atoms with E-state index in [2.05, 4.69) is 61.3 Å². The molecule has 0 spiro atoms. The number of rotatable bonds is 29. The molecule has 12 heteroatoms. The number of aliphatic hydroxyl groups excluding tert-OH is 2. The highest BCUT2D eigenvalue weighted by atomic mass is 16.8. The van der Waals surface area contributed by atoms with Crippen LogP contribution in [-0.4, -0.2) is 77.4 Å². The third kappa shape index (κ3) is 14.3. The van der Waals surface area contributed by atoms with Crippen molar-refractivity contribution >= 4 is 28.5 Å². The fraction of sp³-hybridized carbons (Fsp3) is 0.540. The smallest absolute Gasteiger partial charge is 0.412 e. The van der Waals surface area contributed by atoms with Gasteiger partial charge < -0.3 is 44.2 Å². The summed E-state index contributed by atoms with van der Waals surface area (Å²) < 4.78 is 27.1. The van der Waals surface area contributed by atoms with Gasteiger partial charge in [-0.3, -0.25) is 4.79 Å². The van der Waals surface area contributed by atoms with Gasteiger partial charge in [0, 0.05) is 57.0 Å². The van der Waals surface area contributed by atoms with E-state index in [1.54, 1.807) is 12.1 Å². The summed E-state index contributed by atoms with van der Waals surface area (Å²) in [5.74, 6) is -1.26. The topological polar surface area (TPSA) is 148 Å². The van der Waals surface area contributed by atoms with Crippen LogP contribution in [0.4, 0.5) is 4.79 Å². The molecule has 7 atom stereocenters. The predicted molar refractivity (Wildman–Crippen MR) is 295 cm³/mol. The quantitative estimate of drug-likeness (QED) is 0.0275. The summed E-state index contributed by atoms with van der Waals surface area (Å²) in [4.78, 5) is 37.6. The highest BCUT2D eigenvalue weighted by Gasteiger charge is 2.65. The molecule has 4 aromatic rings. The van der Waals surface area contributed by atoms with Gasteiger partial charge in [-0.2, -0.15) is 0 Å². The lowest BCUT2D eigenvalue weighted by atomic mass is 9.55. The second-order valence-electron chi connectivity index (χ2n) is 21.1. The van der Waals surface area contributed by atoms with Gasteiger partial charge >= 0.3 is 6.09 Å². The molecule has 2 fully saturated rings. The van der Waals surface area contributed by atoms with Crippen molar-refractivity contribution in [3.05, 3.63) is 132 Å². The molecule has 1 unspecified atom stereocenters. The Morgan fingerprint density at radius 3 is 2.36 bits per heavy atom. The summed E-state index contributed by atoms with van der Waals surface area (Å²) in [7, 11) is 0. The number of carbonyl (C=O) groups excluding carboxylic acids is 2. The molecule has 2 aliphatic heterocycles. The number of ether oxygens (including phenoxy) is 4. The first kappa shape index (κ1) is 55.7. The molecule has 75 heavy (non-hydrogen) atoms. The number of nitrogens with one attached hydrogen (secondary N) is 1. The van der Waals surface area contributed by atoms with Crippen LogP contribution in [0.15, 0.2) is 120 Å². The molecule has 404 valence electrons. The molecule has 8 rings (SSSR count). The van der Waals surface area contributed by atoms with E-state index in [4.69, 9.17) is 28.9 Å². The highest BCUT2D eigenvalue weighted by molar-refractivity contribution is 6.03. The minimum Gasteiger partial charge on any atom is -0.459 e. The Balaban J connectivity index is 1.26. The Hall–Kier alpha value is -5.53. The van der Waals surface area contributed by atoms with Gasteiger partial charge in [0.2, 0.25) is 18.0 Å². The number of hydrogen-bond donors (Lipinski definition) is 3. The average Bonchev–Trinajstić information content (AvgIpc) is 3.47. The molecule has 12 nitrogen and oxygen atoms in total.